The van der Waals surface area contributed by atoms with E-state index < -0.39 is 5.91 Å². The lowest BCUT2D eigenvalue weighted by Gasteiger charge is -2.14. The van der Waals surface area contributed by atoms with Crippen LogP contribution in [0.1, 0.15) is 52.6 Å². The Bertz CT molecular complexity index is 1090. The minimum absolute atomic E-state index is 0.419. The topological polar surface area (TPSA) is 81.0 Å². The van der Waals surface area contributed by atoms with Crippen molar-refractivity contribution in [1.29, 1.82) is 5.26 Å². The van der Waals surface area contributed by atoms with Crippen molar-refractivity contribution in [2.24, 2.45) is 5.73 Å². The molecule has 0 saturated carbocycles. The third kappa shape index (κ3) is 4.80. The Morgan fingerprint density at radius 1 is 1.10 bits per heavy atom. The van der Waals surface area contributed by atoms with E-state index in [0.717, 1.165) is 60.5 Å². The second-order valence-corrected chi connectivity index (χ2v) is 7.69. The highest BCUT2D eigenvalue weighted by atomic mass is 16.5. The number of carbonyl (C=O) groups excluding carboxylic acids is 1. The van der Waals surface area contributed by atoms with Gasteiger partial charge in [-0.25, -0.2) is 0 Å². The second kappa shape index (κ2) is 9.99. The Balaban J connectivity index is 2.06. The van der Waals surface area contributed by atoms with Crippen LogP contribution < -0.4 is 10.5 Å². The van der Waals surface area contributed by atoms with E-state index in [0.29, 0.717) is 11.1 Å². The summed E-state index contributed by atoms with van der Waals surface area (Å²) in [5, 5.41) is 9.14. The SMILES string of the molecule is CCCCc1c(-c2ccc(C#N)cc2)c(C(N)=O)c(C)n1CCc1ccc(OC)cc1. The molecular formula is C26H29N3O2. The first-order chi connectivity index (χ1) is 15.0. The van der Waals surface area contributed by atoms with Crippen molar-refractivity contribution in [2.45, 2.75) is 46.1 Å². The normalized spacial score (nSPS) is 10.6. The van der Waals surface area contributed by atoms with Gasteiger partial charge in [0.2, 0.25) is 0 Å². The van der Waals surface area contributed by atoms with Gasteiger partial charge in [-0.15, -0.1) is 0 Å². The number of amides is 1. The highest BCUT2D eigenvalue weighted by molar-refractivity contribution is 6.02. The van der Waals surface area contributed by atoms with Crippen molar-refractivity contribution in [1.82, 2.24) is 4.57 Å². The second-order valence-electron chi connectivity index (χ2n) is 7.69. The molecule has 2 aromatic carbocycles. The molecule has 5 heteroatoms. The molecule has 3 rings (SSSR count). The minimum atomic E-state index is -0.419. The molecule has 5 nitrogen and oxygen atoms in total. The Morgan fingerprint density at radius 3 is 2.32 bits per heavy atom. The number of rotatable bonds is 9. The van der Waals surface area contributed by atoms with Crippen LogP contribution in [-0.4, -0.2) is 17.6 Å². The van der Waals surface area contributed by atoms with E-state index in [-0.39, 0.29) is 0 Å². The fourth-order valence-corrected chi connectivity index (χ4v) is 4.06. The number of hydrogen-bond acceptors (Lipinski definition) is 3. The van der Waals surface area contributed by atoms with E-state index in [1.807, 2.05) is 31.2 Å². The third-order valence-corrected chi connectivity index (χ3v) is 5.73. The van der Waals surface area contributed by atoms with Crippen LogP contribution in [0.15, 0.2) is 48.5 Å². The Kier molecular flexibility index (Phi) is 7.15. The number of nitrogens with two attached hydrogens (primary N) is 1. The highest BCUT2D eigenvalue weighted by Gasteiger charge is 2.24. The Morgan fingerprint density at radius 2 is 1.77 bits per heavy atom. The molecule has 0 bridgehead atoms. The predicted molar refractivity (Wildman–Crippen MR) is 123 cm³/mol. The van der Waals surface area contributed by atoms with E-state index in [1.54, 1.807) is 19.2 Å². The van der Waals surface area contributed by atoms with Crippen LogP contribution in [-0.2, 0) is 19.4 Å². The predicted octanol–water partition coefficient (Wildman–Crippen LogP) is 5.03. The van der Waals surface area contributed by atoms with Crippen LogP contribution in [0.3, 0.4) is 0 Å². The first kappa shape index (κ1) is 22.2. The summed E-state index contributed by atoms with van der Waals surface area (Å²) in [5.74, 6) is 0.418. The molecule has 0 aliphatic rings. The third-order valence-electron chi connectivity index (χ3n) is 5.73. The van der Waals surface area contributed by atoms with E-state index >= 15 is 0 Å². The first-order valence-corrected chi connectivity index (χ1v) is 10.6. The fourth-order valence-electron chi connectivity index (χ4n) is 4.06. The first-order valence-electron chi connectivity index (χ1n) is 10.6. The maximum absolute atomic E-state index is 12.5. The molecule has 160 valence electrons. The maximum Gasteiger partial charge on any atom is 0.251 e. The van der Waals surface area contributed by atoms with Crippen molar-refractivity contribution >= 4 is 5.91 Å². The number of carbonyl (C=O) groups is 1. The van der Waals surface area contributed by atoms with Crippen LogP contribution in [0.2, 0.25) is 0 Å². The average molecular weight is 416 g/mol. The van der Waals surface area contributed by atoms with Gasteiger partial charge in [0.15, 0.2) is 0 Å². The summed E-state index contributed by atoms with van der Waals surface area (Å²) >= 11 is 0. The number of nitriles is 1. The molecule has 0 fully saturated rings. The number of ether oxygens (including phenoxy) is 1. The molecule has 0 saturated heterocycles. The Hall–Kier alpha value is -3.52. The molecule has 0 radical (unpaired) electrons. The number of nitrogens with zero attached hydrogens (tertiary/aromatic N) is 2. The zero-order valence-electron chi connectivity index (χ0n) is 18.4. The summed E-state index contributed by atoms with van der Waals surface area (Å²) in [6.07, 6.45) is 3.78. The standard InChI is InChI=1S/C26H29N3O2/c1-4-5-6-23-25(21-11-7-20(17-27)8-12-21)24(26(28)30)18(2)29(23)16-15-19-9-13-22(31-3)14-10-19/h7-14H,4-6,15-16H2,1-3H3,(H2,28,30). The van der Waals surface area contributed by atoms with Gasteiger partial charge in [0.25, 0.3) is 5.91 Å². The molecule has 0 spiro atoms. The van der Waals surface area contributed by atoms with Gasteiger partial charge in [0.1, 0.15) is 5.75 Å². The van der Waals surface area contributed by atoms with Gasteiger partial charge in [-0.3, -0.25) is 4.79 Å². The van der Waals surface area contributed by atoms with Crippen molar-refractivity contribution in [3.05, 3.63) is 76.6 Å². The van der Waals surface area contributed by atoms with Crippen LogP contribution in [0.4, 0.5) is 0 Å². The number of methoxy groups -OCH3 is 1. The summed E-state index contributed by atoms with van der Waals surface area (Å²) in [5.41, 5.74) is 12.1. The molecular weight excluding hydrogens is 386 g/mol. The molecule has 1 amide bonds. The van der Waals surface area contributed by atoms with Crippen molar-refractivity contribution in [2.75, 3.05) is 7.11 Å². The van der Waals surface area contributed by atoms with Crippen LogP contribution in [0, 0.1) is 18.3 Å². The van der Waals surface area contributed by atoms with Gasteiger partial charge in [0, 0.05) is 23.5 Å². The molecule has 0 unspecified atom stereocenters. The quantitative estimate of drug-likeness (QED) is 0.532. The van der Waals surface area contributed by atoms with Crippen LogP contribution in [0.25, 0.3) is 11.1 Å². The minimum Gasteiger partial charge on any atom is -0.497 e. The molecule has 2 N–H and O–H groups in total. The zero-order valence-corrected chi connectivity index (χ0v) is 18.4. The number of hydrogen-bond donors (Lipinski definition) is 1. The van der Waals surface area contributed by atoms with E-state index in [2.05, 4.69) is 29.7 Å². The summed E-state index contributed by atoms with van der Waals surface area (Å²) in [7, 11) is 1.66. The van der Waals surface area contributed by atoms with Gasteiger partial charge in [-0.05, 0) is 61.6 Å². The molecule has 0 atom stereocenters. The number of primary amides is 1. The van der Waals surface area contributed by atoms with Gasteiger partial charge >= 0.3 is 0 Å². The Labute approximate surface area is 184 Å². The van der Waals surface area contributed by atoms with Gasteiger partial charge < -0.3 is 15.0 Å². The highest BCUT2D eigenvalue weighted by Crippen LogP contribution is 2.34. The summed E-state index contributed by atoms with van der Waals surface area (Å²) in [6, 6.07) is 17.6. The summed E-state index contributed by atoms with van der Waals surface area (Å²) in [4.78, 5) is 12.5. The molecule has 1 heterocycles. The number of unbranched alkanes of at least 4 members (excludes halogenated alkanes) is 1. The van der Waals surface area contributed by atoms with E-state index in [4.69, 9.17) is 15.7 Å². The molecule has 0 aliphatic heterocycles. The smallest absolute Gasteiger partial charge is 0.251 e. The van der Waals surface area contributed by atoms with E-state index in [1.165, 1.54) is 5.56 Å². The number of aromatic nitrogens is 1. The van der Waals surface area contributed by atoms with E-state index in [9.17, 15) is 4.79 Å². The monoisotopic (exact) mass is 415 g/mol. The number of benzene rings is 2. The summed E-state index contributed by atoms with van der Waals surface area (Å²) < 4.78 is 7.49. The van der Waals surface area contributed by atoms with Crippen molar-refractivity contribution in [3.63, 3.8) is 0 Å². The lowest BCUT2D eigenvalue weighted by molar-refractivity contribution is 0.1000. The van der Waals surface area contributed by atoms with Crippen LogP contribution in [0.5, 0.6) is 5.75 Å². The zero-order chi connectivity index (χ0) is 22.4. The fraction of sp³-hybridized carbons (Fsp3) is 0.308. The maximum atomic E-state index is 12.5. The van der Waals surface area contributed by atoms with Gasteiger partial charge in [0.05, 0.1) is 24.3 Å². The number of aryl methyl sites for hydroxylation is 1. The lowest BCUT2D eigenvalue weighted by atomic mass is 9.97. The molecule has 0 aliphatic carbocycles. The summed E-state index contributed by atoms with van der Waals surface area (Å²) in [6.45, 7) is 4.89. The van der Waals surface area contributed by atoms with Gasteiger partial charge in [-0.1, -0.05) is 37.6 Å². The van der Waals surface area contributed by atoms with Crippen LogP contribution >= 0.6 is 0 Å². The average Bonchev–Trinajstić information content (AvgIpc) is 3.07. The lowest BCUT2D eigenvalue weighted by Crippen LogP contribution is -2.14. The largest absolute Gasteiger partial charge is 0.497 e. The molecule has 31 heavy (non-hydrogen) atoms. The van der Waals surface area contributed by atoms with Crippen molar-refractivity contribution < 1.29 is 9.53 Å². The molecule has 1 aromatic heterocycles. The van der Waals surface area contributed by atoms with Gasteiger partial charge in [-0.2, -0.15) is 5.26 Å². The molecule has 3 aromatic rings. The van der Waals surface area contributed by atoms with Crippen molar-refractivity contribution in [3.8, 4) is 22.9 Å².